The van der Waals surface area contributed by atoms with Crippen molar-refractivity contribution in [2.45, 2.75) is 6.54 Å². The van der Waals surface area contributed by atoms with Crippen molar-refractivity contribution >= 4 is 17.9 Å². The Morgan fingerprint density at radius 2 is 1.76 bits per heavy atom. The van der Waals surface area contributed by atoms with Crippen LogP contribution in [0.1, 0.15) is 21.5 Å². The van der Waals surface area contributed by atoms with Crippen LogP contribution in [0.5, 0.6) is 5.75 Å². The van der Waals surface area contributed by atoms with Crippen LogP contribution in [0.2, 0.25) is 0 Å². The highest BCUT2D eigenvalue weighted by molar-refractivity contribution is 6.05. The van der Waals surface area contributed by atoms with Gasteiger partial charge in [0.1, 0.15) is 11.4 Å². The number of carbonyl (C=O) groups excluding carboxylic acids is 2. The van der Waals surface area contributed by atoms with E-state index in [1.807, 2.05) is 36.4 Å². The molecule has 0 unspecified atom stereocenters. The van der Waals surface area contributed by atoms with Crippen LogP contribution in [-0.2, 0) is 11.3 Å². The van der Waals surface area contributed by atoms with Gasteiger partial charge in [-0.15, -0.1) is 0 Å². The van der Waals surface area contributed by atoms with Gasteiger partial charge in [0, 0.05) is 24.5 Å². The summed E-state index contributed by atoms with van der Waals surface area (Å²) in [7, 11) is 1.56. The Morgan fingerprint density at radius 1 is 1.00 bits per heavy atom. The highest BCUT2D eigenvalue weighted by atomic mass is 16.5. The van der Waals surface area contributed by atoms with Gasteiger partial charge in [-0.05, 0) is 47.5 Å². The summed E-state index contributed by atoms with van der Waals surface area (Å²) >= 11 is 0. The lowest BCUT2D eigenvalue weighted by molar-refractivity contribution is -0.117. The molecule has 0 saturated carbocycles. The standard InChI is InChI=1S/C23H21N3O3/c1-29-20-11-9-19(10-12-20)22(27)26-21(14-17-6-3-2-4-7-17)23(28)25-16-18-8-5-13-24-15-18/h2-15H,16H2,1H3,(H,25,28)(H,26,27). The predicted molar refractivity (Wildman–Crippen MR) is 111 cm³/mol. The number of aromatic nitrogens is 1. The van der Waals surface area contributed by atoms with Gasteiger partial charge in [-0.3, -0.25) is 14.6 Å². The van der Waals surface area contributed by atoms with Crippen molar-refractivity contribution in [1.29, 1.82) is 0 Å². The van der Waals surface area contributed by atoms with E-state index in [0.717, 1.165) is 11.1 Å². The monoisotopic (exact) mass is 387 g/mol. The van der Waals surface area contributed by atoms with Crippen LogP contribution in [0.25, 0.3) is 6.08 Å². The molecule has 0 aliphatic carbocycles. The zero-order valence-electron chi connectivity index (χ0n) is 16.0. The summed E-state index contributed by atoms with van der Waals surface area (Å²) in [6.07, 6.45) is 4.98. The average molecular weight is 387 g/mol. The smallest absolute Gasteiger partial charge is 0.268 e. The van der Waals surface area contributed by atoms with Crippen molar-refractivity contribution in [3.05, 3.63) is 102 Å². The van der Waals surface area contributed by atoms with E-state index < -0.39 is 0 Å². The van der Waals surface area contributed by atoms with Gasteiger partial charge in [0.05, 0.1) is 7.11 Å². The van der Waals surface area contributed by atoms with Crippen LogP contribution >= 0.6 is 0 Å². The van der Waals surface area contributed by atoms with E-state index in [9.17, 15) is 9.59 Å². The maximum absolute atomic E-state index is 12.8. The molecule has 3 rings (SSSR count). The summed E-state index contributed by atoms with van der Waals surface area (Å²) in [6.45, 7) is 0.303. The Kier molecular flexibility index (Phi) is 6.73. The molecule has 29 heavy (non-hydrogen) atoms. The lowest BCUT2D eigenvalue weighted by atomic mass is 10.1. The number of nitrogens with one attached hydrogen (secondary N) is 2. The summed E-state index contributed by atoms with van der Waals surface area (Å²) in [6, 6.07) is 19.7. The van der Waals surface area contributed by atoms with Gasteiger partial charge in [-0.1, -0.05) is 36.4 Å². The fourth-order valence-corrected chi connectivity index (χ4v) is 2.59. The maximum atomic E-state index is 12.8. The molecule has 146 valence electrons. The van der Waals surface area contributed by atoms with Crippen LogP contribution in [0, 0.1) is 0 Å². The third kappa shape index (κ3) is 5.77. The van der Waals surface area contributed by atoms with Gasteiger partial charge in [0.2, 0.25) is 0 Å². The first-order chi connectivity index (χ1) is 14.2. The number of rotatable bonds is 7. The van der Waals surface area contributed by atoms with Gasteiger partial charge in [0.15, 0.2) is 0 Å². The fraction of sp³-hybridized carbons (Fsp3) is 0.0870. The van der Waals surface area contributed by atoms with Crippen molar-refractivity contribution in [2.75, 3.05) is 7.11 Å². The summed E-state index contributed by atoms with van der Waals surface area (Å²) in [5.41, 5.74) is 2.24. The molecule has 6 heteroatoms. The van der Waals surface area contributed by atoms with E-state index in [-0.39, 0.29) is 17.5 Å². The van der Waals surface area contributed by atoms with Gasteiger partial charge < -0.3 is 15.4 Å². The normalized spacial score (nSPS) is 10.9. The van der Waals surface area contributed by atoms with Crippen molar-refractivity contribution in [1.82, 2.24) is 15.6 Å². The molecule has 2 N–H and O–H groups in total. The number of nitrogens with zero attached hydrogens (tertiary/aromatic N) is 1. The molecule has 6 nitrogen and oxygen atoms in total. The molecule has 0 saturated heterocycles. The lowest BCUT2D eigenvalue weighted by Crippen LogP contribution is -2.34. The Labute approximate surface area is 169 Å². The third-order valence-corrected chi connectivity index (χ3v) is 4.13. The molecule has 1 aromatic heterocycles. The molecule has 3 aromatic rings. The van der Waals surface area contributed by atoms with Crippen molar-refractivity contribution in [3.63, 3.8) is 0 Å². The maximum Gasteiger partial charge on any atom is 0.268 e. The van der Waals surface area contributed by atoms with Crippen LogP contribution in [0.15, 0.2) is 84.8 Å². The SMILES string of the molecule is COc1ccc(C(=O)NC(=Cc2ccccc2)C(=O)NCc2cccnc2)cc1. The topological polar surface area (TPSA) is 80.3 Å². The molecule has 2 amide bonds. The molecular weight excluding hydrogens is 366 g/mol. The van der Waals surface area contributed by atoms with Gasteiger partial charge in [-0.2, -0.15) is 0 Å². The number of carbonyl (C=O) groups is 2. The average Bonchev–Trinajstić information content (AvgIpc) is 2.78. The number of ether oxygens (including phenoxy) is 1. The van der Waals surface area contributed by atoms with Crippen LogP contribution < -0.4 is 15.4 Å². The van der Waals surface area contributed by atoms with E-state index in [4.69, 9.17) is 4.74 Å². The number of benzene rings is 2. The predicted octanol–water partition coefficient (Wildman–Crippen LogP) is 3.18. The van der Waals surface area contributed by atoms with Crippen molar-refractivity contribution < 1.29 is 14.3 Å². The van der Waals surface area contributed by atoms with E-state index >= 15 is 0 Å². The summed E-state index contributed by atoms with van der Waals surface area (Å²) in [5.74, 6) is -0.123. The zero-order chi connectivity index (χ0) is 20.5. The molecule has 0 atom stereocenters. The zero-order valence-corrected chi connectivity index (χ0v) is 16.0. The fourth-order valence-electron chi connectivity index (χ4n) is 2.59. The van der Waals surface area contributed by atoms with E-state index in [1.165, 1.54) is 0 Å². The molecule has 0 aliphatic rings. The van der Waals surface area contributed by atoms with Crippen molar-refractivity contribution in [3.8, 4) is 5.75 Å². The molecule has 2 aromatic carbocycles. The number of methoxy groups -OCH3 is 1. The minimum Gasteiger partial charge on any atom is -0.497 e. The first kappa shape index (κ1) is 19.8. The highest BCUT2D eigenvalue weighted by Crippen LogP contribution is 2.12. The second-order valence-corrected chi connectivity index (χ2v) is 6.20. The Hall–Kier alpha value is -3.93. The lowest BCUT2D eigenvalue weighted by Gasteiger charge is -2.11. The molecule has 0 bridgehead atoms. The van der Waals surface area contributed by atoms with E-state index in [2.05, 4.69) is 15.6 Å². The first-order valence-electron chi connectivity index (χ1n) is 9.05. The molecule has 1 heterocycles. The molecular formula is C23H21N3O3. The van der Waals surface area contributed by atoms with E-state index in [0.29, 0.717) is 17.9 Å². The summed E-state index contributed by atoms with van der Waals surface area (Å²) in [4.78, 5) is 29.4. The Balaban J connectivity index is 1.77. The second kappa shape index (κ2) is 9.85. The van der Waals surface area contributed by atoms with E-state index in [1.54, 1.807) is 55.9 Å². The number of hydrogen-bond acceptors (Lipinski definition) is 4. The quantitative estimate of drug-likeness (QED) is 0.610. The molecule has 0 spiro atoms. The Morgan fingerprint density at radius 3 is 2.41 bits per heavy atom. The molecule has 0 aliphatic heterocycles. The Bertz CT molecular complexity index is 985. The number of hydrogen-bond donors (Lipinski definition) is 2. The third-order valence-electron chi connectivity index (χ3n) is 4.13. The summed E-state index contributed by atoms with van der Waals surface area (Å²) < 4.78 is 5.11. The van der Waals surface area contributed by atoms with Gasteiger partial charge in [0.25, 0.3) is 11.8 Å². The van der Waals surface area contributed by atoms with Crippen molar-refractivity contribution in [2.24, 2.45) is 0 Å². The largest absolute Gasteiger partial charge is 0.497 e. The second-order valence-electron chi connectivity index (χ2n) is 6.20. The van der Waals surface area contributed by atoms with Gasteiger partial charge >= 0.3 is 0 Å². The molecule has 0 fully saturated rings. The number of pyridine rings is 1. The van der Waals surface area contributed by atoms with Crippen LogP contribution in [0.3, 0.4) is 0 Å². The van der Waals surface area contributed by atoms with Crippen LogP contribution in [0.4, 0.5) is 0 Å². The number of amides is 2. The van der Waals surface area contributed by atoms with Gasteiger partial charge in [-0.25, -0.2) is 0 Å². The minimum atomic E-state index is -0.389. The molecule has 0 radical (unpaired) electrons. The van der Waals surface area contributed by atoms with Crippen LogP contribution in [-0.4, -0.2) is 23.9 Å². The first-order valence-corrected chi connectivity index (χ1v) is 9.05. The summed E-state index contributed by atoms with van der Waals surface area (Å²) in [5, 5.41) is 5.52. The highest BCUT2D eigenvalue weighted by Gasteiger charge is 2.15. The minimum absolute atomic E-state index is 0.154.